The van der Waals surface area contributed by atoms with Crippen molar-refractivity contribution in [1.82, 2.24) is 24.5 Å². The van der Waals surface area contributed by atoms with Gasteiger partial charge in [-0.2, -0.15) is 0 Å². The van der Waals surface area contributed by atoms with E-state index in [-0.39, 0.29) is 5.41 Å². The number of para-hydroxylation sites is 1. The van der Waals surface area contributed by atoms with E-state index in [0.29, 0.717) is 0 Å². The second-order valence-electron chi connectivity index (χ2n) is 9.09. The summed E-state index contributed by atoms with van der Waals surface area (Å²) < 4.78 is 2.22. The summed E-state index contributed by atoms with van der Waals surface area (Å²) in [6.45, 7) is 10.5. The number of aryl methyl sites for hydroxylation is 2. The number of hydrogen-bond donors (Lipinski definition) is 0. The number of aromatic nitrogens is 5. The molecule has 5 nitrogen and oxygen atoms in total. The summed E-state index contributed by atoms with van der Waals surface area (Å²) in [6.07, 6.45) is 3.55. The summed E-state index contributed by atoms with van der Waals surface area (Å²) >= 11 is 0. The van der Waals surface area contributed by atoms with Crippen LogP contribution in [-0.2, 0) is 5.41 Å². The van der Waals surface area contributed by atoms with Crippen molar-refractivity contribution in [2.24, 2.45) is 0 Å². The highest BCUT2D eigenvalue weighted by atomic mass is 15.0. The van der Waals surface area contributed by atoms with Crippen LogP contribution in [-0.4, -0.2) is 24.5 Å². The van der Waals surface area contributed by atoms with Crippen LogP contribution in [0.1, 0.15) is 37.9 Å². The second-order valence-corrected chi connectivity index (χ2v) is 9.09. The molecule has 0 N–H and O–H groups in total. The van der Waals surface area contributed by atoms with Gasteiger partial charge in [0, 0.05) is 45.0 Å². The number of rotatable bonds is 2. The summed E-state index contributed by atoms with van der Waals surface area (Å²) in [5.41, 5.74) is 7.98. The molecule has 0 fully saturated rings. The predicted molar refractivity (Wildman–Crippen MR) is 126 cm³/mol. The number of hydrogen-bond acceptors (Lipinski definition) is 4. The summed E-state index contributed by atoms with van der Waals surface area (Å²) in [6, 6.07) is 16.9. The van der Waals surface area contributed by atoms with Gasteiger partial charge in [0.15, 0.2) is 0 Å². The molecule has 1 aromatic carbocycles. The van der Waals surface area contributed by atoms with Crippen LogP contribution in [0.15, 0.2) is 61.1 Å². The number of nitrogens with zero attached hydrogens (tertiary/aromatic N) is 5. The molecular weight excluding hydrogens is 382 g/mol. The largest absolute Gasteiger partial charge is 0.294 e. The monoisotopic (exact) mass is 407 g/mol. The molecule has 0 unspecified atom stereocenters. The van der Waals surface area contributed by atoms with Gasteiger partial charge in [-0.15, -0.1) is 0 Å². The fourth-order valence-electron chi connectivity index (χ4n) is 4.11. The van der Waals surface area contributed by atoms with Crippen LogP contribution in [0.2, 0.25) is 0 Å². The number of fused-ring (bicyclic) bond motifs is 3. The Labute approximate surface area is 181 Å². The van der Waals surface area contributed by atoms with Crippen LogP contribution < -0.4 is 0 Å². The van der Waals surface area contributed by atoms with Gasteiger partial charge >= 0.3 is 0 Å². The van der Waals surface area contributed by atoms with Crippen molar-refractivity contribution in [3.05, 3.63) is 78.1 Å². The van der Waals surface area contributed by atoms with Crippen molar-refractivity contribution in [3.8, 4) is 16.9 Å². The molecule has 5 heteroatoms. The Bertz CT molecular complexity index is 1420. The first-order valence-corrected chi connectivity index (χ1v) is 10.5. The van der Waals surface area contributed by atoms with E-state index < -0.39 is 0 Å². The van der Waals surface area contributed by atoms with Crippen molar-refractivity contribution in [3.63, 3.8) is 0 Å². The molecule has 0 radical (unpaired) electrons. The normalized spacial score (nSPS) is 12.0. The summed E-state index contributed by atoms with van der Waals surface area (Å²) in [5, 5.41) is 2.28. The molecule has 0 saturated heterocycles. The van der Waals surface area contributed by atoms with Crippen LogP contribution >= 0.6 is 0 Å². The lowest BCUT2D eigenvalue weighted by Crippen LogP contribution is -2.13. The zero-order valence-electron chi connectivity index (χ0n) is 18.5. The van der Waals surface area contributed by atoms with Gasteiger partial charge in [-0.3, -0.25) is 9.55 Å². The first-order valence-electron chi connectivity index (χ1n) is 10.5. The summed E-state index contributed by atoms with van der Waals surface area (Å²) in [5.74, 6) is 0. The second kappa shape index (κ2) is 6.98. The minimum atomic E-state index is -0.0394. The van der Waals surface area contributed by atoms with E-state index in [1.54, 1.807) is 6.33 Å². The van der Waals surface area contributed by atoms with E-state index in [1.807, 2.05) is 20.0 Å². The first-order chi connectivity index (χ1) is 14.8. The number of pyridine rings is 2. The van der Waals surface area contributed by atoms with E-state index in [1.165, 1.54) is 5.39 Å². The predicted octanol–water partition coefficient (Wildman–Crippen LogP) is 5.95. The average molecular weight is 408 g/mol. The average Bonchev–Trinajstić information content (AvgIpc) is 3.06. The molecule has 0 bridgehead atoms. The van der Waals surface area contributed by atoms with E-state index in [0.717, 1.165) is 50.6 Å². The van der Waals surface area contributed by atoms with Crippen LogP contribution in [0.3, 0.4) is 0 Å². The standard InChI is InChI=1S/C26H25N5/c1-16-10-19(11-17(2)30-16)31-23-9-7-6-8-20(23)21-12-18(14-27-25(21)31)22-13-24(26(3,4)5)29-15-28-22/h6-15H,1-5H3. The van der Waals surface area contributed by atoms with Crippen molar-refractivity contribution in [2.75, 3.05) is 0 Å². The fourth-order valence-corrected chi connectivity index (χ4v) is 4.11. The van der Waals surface area contributed by atoms with Crippen LogP contribution in [0.5, 0.6) is 0 Å². The Morgan fingerprint density at radius 1 is 0.806 bits per heavy atom. The maximum absolute atomic E-state index is 4.90. The fraction of sp³-hybridized carbons (Fsp3) is 0.231. The highest BCUT2D eigenvalue weighted by Crippen LogP contribution is 2.33. The Kier molecular flexibility index (Phi) is 4.36. The van der Waals surface area contributed by atoms with Gasteiger partial charge in [-0.05, 0) is 44.2 Å². The van der Waals surface area contributed by atoms with Gasteiger partial charge in [-0.1, -0.05) is 39.0 Å². The van der Waals surface area contributed by atoms with Gasteiger partial charge in [0.2, 0.25) is 0 Å². The van der Waals surface area contributed by atoms with Gasteiger partial charge < -0.3 is 0 Å². The molecule has 5 aromatic rings. The van der Waals surface area contributed by atoms with Crippen LogP contribution in [0.25, 0.3) is 38.9 Å². The lowest BCUT2D eigenvalue weighted by Gasteiger charge is -2.17. The topological polar surface area (TPSA) is 56.5 Å². The van der Waals surface area contributed by atoms with Crippen molar-refractivity contribution in [2.45, 2.75) is 40.0 Å². The SMILES string of the molecule is Cc1cc(-n2c3ccccc3c3cc(-c4cc(C(C)(C)C)ncn4)cnc32)cc(C)n1. The molecule has 154 valence electrons. The maximum Gasteiger partial charge on any atom is 0.145 e. The molecule has 0 aliphatic heterocycles. The van der Waals surface area contributed by atoms with Crippen LogP contribution in [0.4, 0.5) is 0 Å². The van der Waals surface area contributed by atoms with Crippen LogP contribution in [0, 0.1) is 13.8 Å². The van der Waals surface area contributed by atoms with Gasteiger partial charge in [-0.25, -0.2) is 15.0 Å². The lowest BCUT2D eigenvalue weighted by molar-refractivity contribution is 0.567. The smallest absolute Gasteiger partial charge is 0.145 e. The third-order valence-electron chi connectivity index (χ3n) is 5.57. The Morgan fingerprint density at radius 3 is 2.29 bits per heavy atom. The molecule has 31 heavy (non-hydrogen) atoms. The Hall–Kier alpha value is -3.60. The molecule has 0 aliphatic carbocycles. The third kappa shape index (κ3) is 3.36. The molecule has 0 saturated carbocycles. The lowest BCUT2D eigenvalue weighted by atomic mass is 9.91. The zero-order chi connectivity index (χ0) is 21.8. The quantitative estimate of drug-likeness (QED) is 0.363. The maximum atomic E-state index is 4.90. The Balaban J connectivity index is 1.77. The van der Waals surface area contributed by atoms with Gasteiger partial charge in [0.1, 0.15) is 12.0 Å². The third-order valence-corrected chi connectivity index (χ3v) is 5.57. The molecule has 0 atom stereocenters. The zero-order valence-corrected chi connectivity index (χ0v) is 18.5. The highest BCUT2D eigenvalue weighted by Gasteiger charge is 2.18. The molecular formula is C26H25N5. The first kappa shape index (κ1) is 19.4. The summed E-state index contributed by atoms with van der Waals surface area (Å²) in [7, 11) is 0. The van der Waals surface area contributed by atoms with Crippen molar-refractivity contribution < 1.29 is 0 Å². The Morgan fingerprint density at radius 2 is 1.55 bits per heavy atom. The molecule has 0 amide bonds. The highest BCUT2D eigenvalue weighted by molar-refractivity contribution is 6.08. The molecule has 5 rings (SSSR count). The van der Waals surface area contributed by atoms with E-state index in [2.05, 4.69) is 88.8 Å². The van der Waals surface area contributed by atoms with E-state index in [9.17, 15) is 0 Å². The van der Waals surface area contributed by atoms with E-state index >= 15 is 0 Å². The van der Waals surface area contributed by atoms with Gasteiger partial charge in [0.25, 0.3) is 0 Å². The molecule has 0 aliphatic rings. The minimum Gasteiger partial charge on any atom is -0.294 e. The number of benzene rings is 1. The van der Waals surface area contributed by atoms with Gasteiger partial charge in [0.05, 0.1) is 16.9 Å². The molecule has 0 spiro atoms. The van der Waals surface area contributed by atoms with Crippen molar-refractivity contribution >= 4 is 21.9 Å². The summed E-state index contributed by atoms with van der Waals surface area (Å²) in [4.78, 5) is 18.4. The molecule has 4 heterocycles. The molecule has 4 aromatic heterocycles. The van der Waals surface area contributed by atoms with Crippen molar-refractivity contribution in [1.29, 1.82) is 0 Å². The minimum absolute atomic E-state index is 0.0394. The van der Waals surface area contributed by atoms with E-state index in [4.69, 9.17) is 4.98 Å².